The molecule has 2 saturated heterocycles. The van der Waals surface area contributed by atoms with Crippen LogP contribution >= 0.6 is 11.8 Å². The number of nitrogens with zero attached hydrogens (tertiary/aromatic N) is 1. The molecule has 0 radical (unpaired) electrons. The van der Waals surface area contributed by atoms with Crippen LogP contribution in [-0.4, -0.2) is 60.8 Å². The Morgan fingerprint density at radius 1 is 1.33 bits per heavy atom. The molecule has 0 aliphatic carbocycles. The van der Waals surface area contributed by atoms with Gasteiger partial charge < -0.3 is 10.1 Å². The van der Waals surface area contributed by atoms with Crippen molar-refractivity contribution in [3.05, 3.63) is 0 Å². The molecule has 0 bridgehead atoms. The van der Waals surface area contributed by atoms with Gasteiger partial charge in [-0.2, -0.15) is 11.8 Å². The van der Waals surface area contributed by atoms with Gasteiger partial charge in [-0.15, -0.1) is 0 Å². The van der Waals surface area contributed by atoms with Gasteiger partial charge in [-0.3, -0.25) is 4.90 Å². The van der Waals surface area contributed by atoms with Gasteiger partial charge in [0.2, 0.25) is 0 Å². The fraction of sp³-hybridized carbons (Fsp3) is 1.00. The van der Waals surface area contributed by atoms with Gasteiger partial charge in [0, 0.05) is 43.7 Å². The van der Waals surface area contributed by atoms with E-state index in [1.165, 1.54) is 24.6 Å². The van der Waals surface area contributed by atoms with Crippen LogP contribution < -0.4 is 5.32 Å². The van der Waals surface area contributed by atoms with E-state index in [0.717, 1.165) is 13.1 Å². The second-order valence-electron chi connectivity index (χ2n) is 4.70. The molecule has 3 atom stereocenters. The third-order valence-electron chi connectivity index (χ3n) is 2.97. The molecule has 1 N–H and O–H groups in total. The van der Waals surface area contributed by atoms with Crippen molar-refractivity contribution in [1.82, 2.24) is 10.2 Å². The lowest BCUT2D eigenvalue weighted by Gasteiger charge is -2.38. The van der Waals surface area contributed by atoms with E-state index in [4.69, 9.17) is 4.74 Å². The van der Waals surface area contributed by atoms with Crippen molar-refractivity contribution >= 4 is 11.8 Å². The van der Waals surface area contributed by atoms with E-state index in [1.54, 1.807) is 0 Å². The number of hydrogen-bond donors (Lipinski definition) is 1. The quantitative estimate of drug-likeness (QED) is 0.758. The molecule has 0 aromatic heterocycles. The summed E-state index contributed by atoms with van der Waals surface area (Å²) in [6.07, 6.45) is 0.787. The van der Waals surface area contributed by atoms with Crippen molar-refractivity contribution in [3.8, 4) is 0 Å². The van der Waals surface area contributed by atoms with Crippen LogP contribution in [0.2, 0.25) is 0 Å². The SMILES string of the molecule is C[C@@H]1CN(CC2CSCCN2)C[C@H](C)O1. The largest absolute Gasteiger partial charge is 0.373 e. The molecule has 2 heterocycles. The predicted molar refractivity (Wildman–Crippen MR) is 65.6 cm³/mol. The number of nitrogens with one attached hydrogen (secondary N) is 1. The van der Waals surface area contributed by atoms with Crippen LogP contribution in [0.3, 0.4) is 0 Å². The third-order valence-corrected chi connectivity index (χ3v) is 4.10. The zero-order chi connectivity index (χ0) is 10.7. The van der Waals surface area contributed by atoms with Gasteiger partial charge in [0.25, 0.3) is 0 Å². The summed E-state index contributed by atoms with van der Waals surface area (Å²) >= 11 is 2.07. The smallest absolute Gasteiger partial charge is 0.0678 e. The maximum atomic E-state index is 5.74. The van der Waals surface area contributed by atoms with Crippen LogP contribution in [0.25, 0.3) is 0 Å². The highest BCUT2D eigenvalue weighted by Gasteiger charge is 2.24. The molecule has 0 amide bonds. The van der Waals surface area contributed by atoms with E-state index >= 15 is 0 Å². The zero-order valence-electron chi connectivity index (χ0n) is 9.74. The van der Waals surface area contributed by atoms with Gasteiger partial charge >= 0.3 is 0 Å². The van der Waals surface area contributed by atoms with Gasteiger partial charge in [-0.1, -0.05) is 0 Å². The second kappa shape index (κ2) is 5.53. The van der Waals surface area contributed by atoms with Crippen molar-refractivity contribution < 1.29 is 4.74 Å². The van der Waals surface area contributed by atoms with Crippen molar-refractivity contribution in [2.75, 3.05) is 37.7 Å². The number of ether oxygens (including phenoxy) is 1. The van der Waals surface area contributed by atoms with Gasteiger partial charge in [0.05, 0.1) is 12.2 Å². The molecule has 4 heteroatoms. The molecule has 0 saturated carbocycles. The topological polar surface area (TPSA) is 24.5 Å². The van der Waals surface area contributed by atoms with Crippen molar-refractivity contribution in [2.24, 2.45) is 0 Å². The number of morpholine rings is 1. The third kappa shape index (κ3) is 3.63. The number of hydrogen-bond acceptors (Lipinski definition) is 4. The maximum Gasteiger partial charge on any atom is 0.0678 e. The van der Waals surface area contributed by atoms with Crippen LogP contribution in [0, 0.1) is 0 Å². The minimum Gasteiger partial charge on any atom is -0.373 e. The summed E-state index contributed by atoms with van der Waals surface area (Å²) in [5, 5.41) is 3.59. The highest BCUT2D eigenvalue weighted by Crippen LogP contribution is 2.13. The molecule has 2 aliphatic heterocycles. The molecule has 2 rings (SSSR count). The standard InChI is InChI=1S/C11H22N2OS/c1-9-5-13(6-10(2)14-9)7-11-8-15-4-3-12-11/h9-12H,3-8H2,1-2H3/t9-,10+,11?. The van der Waals surface area contributed by atoms with E-state index < -0.39 is 0 Å². The fourth-order valence-electron chi connectivity index (χ4n) is 2.48. The summed E-state index contributed by atoms with van der Waals surface area (Å²) in [6, 6.07) is 0.682. The molecular weight excluding hydrogens is 208 g/mol. The Morgan fingerprint density at radius 3 is 2.67 bits per heavy atom. The molecule has 0 aromatic rings. The fourth-order valence-corrected chi connectivity index (χ4v) is 3.42. The van der Waals surface area contributed by atoms with Gasteiger partial charge in [0.15, 0.2) is 0 Å². The second-order valence-corrected chi connectivity index (χ2v) is 5.85. The summed E-state index contributed by atoms with van der Waals surface area (Å²) in [7, 11) is 0. The van der Waals surface area contributed by atoms with E-state index in [-0.39, 0.29) is 0 Å². The Morgan fingerprint density at radius 2 is 2.07 bits per heavy atom. The Labute approximate surface area is 96.9 Å². The Bertz CT molecular complexity index is 187. The van der Waals surface area contributed by atoms with E-state index in [2.05, 4.69) is 35.8 Å². The lowest BCUT2D eigenvalue weighted by atomic mass is 10.2. The Balaban J connectivity index is 1.77. The van der Waals surface area contributed by atoms with Crippen molar-refractivity contribution in [1.29, 1.82) is 0 Å². The number of rotatable bonds is 2. The molecule has 0 spiro atoms. The van der Waals surface area contributed by atoms with Crippen LogP contribution in [0.15, 0.2) is 0 Å². The van der Waals surface area contributed by atoms with Crippen molar-refractivity contribution in [2.45, 2.75) is 32.1 Å². The molecule has 2 fully saturated rings. The Kier molecular flexibility index (Phi) is 4.31. The van der Waals surface area contributed by atoms with Gasteiger partial charge in [0.1, 0.15) is 0 Å². The maximum absolute atomic E-state index is 5.74. The monoisotopic (exact) mass is 230 g/mol. The van der Waals surface area contributed by atoms with E-state index in [1.807, 2.05) is 0 Å². The van der Waals surface area contributed by atoms with E-state index in [9.17, 15) is 0 Å². The van der Waals surface area contributed by atoms with E-state index in [0.29, 0.717) is 18.2 Å². The first-order valence-electron chi connectivity index (χ1n) is 5.93. The van der Waals surface area contributed by atoms with Crippen LogP contribution in [0.4, 0.5) is 0 Å². The summed E-state index contributed by atoms with van der Waals surface area (Å²) < 4.78 is 5.74. The van der Waals surface area contributed by atoms with Gasteiger partial charge in [-0.05, 0) is 13.8 Å². The molecule has 88 valence electrons. The average molecular weight is 230 g/mol. The molecule has 0 aromatic carbocycles. The molecule has 3 nitrogen and oxygen atoms in total. The zero-order valence-corrected chi connectivity index (χ0v) is 10.6. The van der Waals surface area contributed by atoms with Crippen LogP contribution in [0.5, 0.6) is 0 Å². The minimum atomic E-state index is 0.394. The van der Waals surface area contributed by atoms with Crippen LogP contribution in [0.1, 0.15) is 13.8 Å². The lowest BCUT2D eigenvalue weighted by molar-refractivity contribution is -0.0693. The molecular formula is C11H22N2OS. The lowest BCUT2D eigenvalue weighted by Crippen LogP contribution is -2.52. The highest BCUT2D eigenvalue weighted by atomic mass is 32.2. The van der Waals surface area contributed by atoms with Crippen LogP contribution in [-0.2, 0) is 4.74 Å². The van der Waals surface area contributed by atoms with Crippen molar-refractivity contribution in [3.63, 3.8) is 0 Å². The first kappa shape index (κ1) is 11.7. The number of thioether (sulfide) groups is 1. The summed E-state index contributed by atoms with van der Waals surface area (Å²) in [6.45, 7) is 8.88. The highest BCUT2D eigenvalue weighted by molar-refractivity contribution is 7.99. The minimum absolute atomic E-state index is 0.394. The first-order valence-corrected chi connectivity index (χ1v) is 7.08. The molecule has 1 unspecified atom stereocenters. The average Bonchev–Trinajstić information content (AvgIpc) is 2.17. The predicted octanol–water partition coefficient (Wildman–Crippen LogP) is 0.801. The molecule has 15 heavy (non-hydrogen) atoms. The summed E-state index contributed by atoms with van der Waals surface area (Å²) in [5.74, 6) is 2.53. The first-order chi connectivity index (χ1) is 7.24. The molecule has 2 aliphatic rings. The summed E-state index contributed by atoms with van der Waals surface area (Å²) in [5.41, 5.74) is 0. The Hall–Kier alpha value is 0.230. The normalized spacial score (nSPS) is 39.2. The summed E-state index contributed by atoms with van der Waals surface area (Å²) in [4.78, 5) is 2.54. The van der Waals surface area contributed by atoms with Gasteiger partial charge in [-0.25, -0.2) is 0 Å².